The van der Waals surface area contributed by atoms with E-state index in [1.807, 2.05) is 13.0 Å². The molecule has 2 aromatic rings. The molecule has 0 fully saturated rings. The van der Waals surface area contributed by atoms with E-state index in [4.69, 9.17) is 5.26 Å². The normalized spacial score (nSPS) is 18.5. The maximum absolute atomic E-state index is 12.6. The average molecular weight is 337 g/mol. The van der Waals surface area contributed by atoms with Gasteiger partial charge in [-0.15, -0.1) is 0 Å². The van der Waals surface area contributed by atoms with Gasteiger partial charge in [0.25, 0.3) is 0 Å². The number of allylic oxidation sites excluding steroid dienone is 3. The van der Waals surface area contributed by atoms with E-state index < -0.39 is 0 Å². The predicted octanol–water partition coefficient (Wildman–Crippen LogP) is 4.66. The molecule has 5 heteroatoms. The lowest BCUT2D eigenvalue weighted by Gasteiger charge is -2.24. The largest absolute Gasteiger partial charge is 0.301 e. The molecule has 2 atom stereocenters. The van der Waals surface area contributed by atoms with Crippen molar-refractivity contribution in [2.75, 3.05) is 5.32 Å². The number of benzene rings is 1. The molecule has 0 radical (unpaired) electrons. The third kappa shape index (κ3) is 3.24. The van der Waals surface area contributed by atoms with Gasteiger partial charge in [0.1, 0.15) is 0 Å². The van der Waals surface area contributed by atoms with Crippen LogP contribution in [0.5, 0.6) is 0 Å². The van der Waals surface area contributed by atoms with Crippen molar-refractivity contribution in [2.24, 2.45) is 11.8 Å². The van der Waals surface area contributed by atoms with Gasteiger partial charge in [-0.05, 0) is 44.4 Å². The molecule has 0 bridgehead atoms. The highest BCUT2D eigenvalue weighted by Gasteiger charge is 2.24. The Morgan fingerprint density at radius 3 is 2.96 bits per heavy atom. The number of rotatable bonds is 3. The van der Waals surface area contributed by atoms with Gasteiger partial charge >= 0.3 is 0 Å². The van der Waals surface area contributed by atoms with Gasteiger partial charge in [-0.3, -0.25) is 4.79 Å². The molecule has 2 unspecified atom stereocenters. The van der Waals surface area contributed by atoms with Crippen molar-refractivity contribution in [3.63, 3.8) is 0 Å². The molecule has 0 aliphatic heterocycles. The van der Waals surface area contributed by atoms with E-state index in [9.17, 15) is 4.79 Å². The van der Waals surface area contributed by atoms with Crippen LogP contribution >= 0.6 is 11.3 Å². The van der Waals surface area contributed by atoms with Crippen molar-refractivity contribution in [3.8, 4) is 6.07 Å². The molecule has 0 spiro atoms. The fourth-order valence-electron chi connectivity index (χ4n) is 3.06. The van der Waals surface area contributed by atoms with Crippen LogP contribution in [0.25, 0.3) is 10.2 Å². The van der Waals surface area contributed by atoms with E-state index in [1.165, 1.54) is 16.9 Å². The molecule has 1 aromatic carbocycles. The van der Waals surface area contributed by atoms with Gasteiger partial charge in [-0.25, -0.2) is 4.98 Å². The summed E-state index contributed by atoms with van der Waals surface area (Å²) in [5.41, 5.74) is 3.90. The van der Waals surface area contributed by atoms with Gasteiger partial charge < -0.3 is 5.32 Å². The number of thiazole rings is 1. The lowest BCUT2D eigenvalue weighted by Crippen LogP contribution is -2.25. The molecule has 0 saturated carbocycles. The van der Waals surface area contributed by atoms with Gasteiger partial charge in [0, 0.05) is 0 Å². The quantitative estimate of drug-likeness (QED) is 0.886. The Morgan fingerprint density at radius 2 is 2.25 bits per heavy atom. The molecule has 1 aliphatic carbocycles. The van der Waals surface area contributed by atoms with Crippen LogP contribution in [0.1, 0.15) is 32.8 Å². The second-order valence-corrected chi connectivity index (χ2v) is 7.34. The Hall–Kier alpha value is -2.45. The summed E-state index contributed by atoms with van der Waals surface area (Å²) in [6.45, 7) is 6.21. The zero-order chi connectivity index (χ0) is 17.3. The topological polar surface area (TPSA) is 65.8 Å². The number of carbonyl (C=O) groups is 1. The standard InChI is InChI=1S/C19H19N3OS/c1-11-4-6-15(12(2)8-11)13(3)18(23)22-19-21-16-7-5-14(10-20)9-17(16)24-19/h4-7,9,12-13H,8H2,1-3H3,(H,21,22,23). The number of carbonyl (C=O) groups excluding carboxylic acids is 1. The summed E-state index contributed by atoms with van der Waals surface area (Å²) in [4.78, 5) is 17.0. The minimum absolute atomic E-state index is 0.0411. The zero-order valence-electron chi connectivity index (χ0n) is 14.0. The summed E-state index contributed by atoms with van der Waals surface area (Å²) >= 11 is 1.39. The number of anilines is 1. The Labute approximate surface area is 145 Å². The van der Waals surface area contributed by atoms with Crippen molar-refractivity contribution in [3.05, 3.63) is 47.1 Å². The fourth-order valence-corrected chi connectivity index (χ4v) is 3.96. The number of nitrogens with one attached hydrogen (secondary N) is 1. The molecule has 1 heterocycles. The van der Waals surface area contributed by atoms with E-state index in [2.05, 4.69) is 42.4 Å². The monoisotopic (exact) mass is 337 g/mol. The summed E-state index contributed by atoms with van der Waals surface area (Å²) in [6, 6.07) is 7.46. The SMILES string of the molecule is CC1=CC=C(C(C)C(=O)Nc2nc3ccc(C#N)cc3s2)C(C)C1. The highest BCUT2D eigenvalue weighted by atomic mass is 32.1. The fraction of sp³-hybridized carbons (Fsp3) is 0.316. The molecule has 1 amide bonds. The Balaban J connectivity index is 1.78. The van der Waals surface area contributed by atoms with Gasteiger partial charge in [0.05, 0.1) is 27.8 Å². The van der Waals surface area contributed by atoms with Gasteiger partial charge in [-0.1, -0.05) is 41.6 Å². The Bertz CT molecular complexity index is 901. The smallest absolute Gasteiger partial charge is 0.233 e. The van der Waals surface area contributed by atoms with Crippen LogP contribution in [0, 0.1) is 23.2 Å². The van der Waals surface area contributed by atoms with Crippen LogP contribution in [0.3, 0.4) is 0 Å². The molecular formula is C19H19N3OS. The lowest BCUT2D eigenvalue weighted by molar-refractivity contribution is -0.118. The van der Waals surface area contributed by atoms with Crippen LogP contribution < -0.4 is 5.32 Å². The number of nitrogens with zero attached hydrogens (tertiary/aromatic N) is 2. The first-order valence-corrected chi connectivity index (χ1v) is 8.78. The first-order chi connectivity index (χ1) is 11.5. The van der Waals surface area contributed by atoms with E-state index in [0.29, 0.717) is 16.6 Å². The first kappa shape index (κ1) is 16.4. The van der Waals surface area contributed by atoms with Crippen molar-refractivity contribution >= 4 is 32.6 Å². The van der Waals surface area contributed by atoms with Crippen LogP contribution in [-0.2, 0) is 4.79 Å². The van der Waals surface area contributed by atoms with E-state index in [1.54, 1.807) is 12.1 Å². The Kier molecular flexibility index (Phi) is 4.50. The summed E-state index contributed by atoms with van der Waals surface area (Å²) in [5.74, 6) is 0.149. The van der Waals surface area contributed by atoms with E-state index in [0.717, 1.165) is 22.2 Å². The second-order valence-electron chi connectivity index (χ2n) is 6.31. The number of hydrogen-bond acceptors (Lipinski definition) is 4. The second kappa shape index (κ2) is 6.58. The molecule has 4 nitrogen and oxygen atoms in total. The maximum Gasteiger partial charge on any atom is 0.233 e. The zero-order valence-corrected chi connectivity index (χ0v) is 14.8. The number of hydrogen-bond donors (Lipinski definition) is 1. The van der Waals surface area contributed by atoms with Crippen molar-refractivity contribution in [1.29, 1.82) is 5.26 Å². The van der Waals surface area contributed by atoms with Gasteiger partial charge in [0.2, 0.25) is 5.91 Å². The predicted molar refractivity (Wildman–Crippen MR) is 97.7 cm³/mol. The summed E-state index contributed by atoms with van der Waals surface area (Å²) in [5, 5.41) is 12.5. The molecule has 1 aromatic heterocycles. The lowest BCUT2D eigenvalue weighted by atomic mass is 9.82. The van der Waals surface area contributed by atoms with Crippen LogP contribution in [0.15, 0.2) is 41.5 Å². The van der Waals surface area contributed by atoms with Crippen molar-refractivity contribution < 1.29 is 4.79 Å². The number of fused-ring (bicyclic) bond motifs is 1. The summed E-state index contributed by atoms with van der Waals surface area (Å²) < 4.78 is 0.904. The van der Waals surface area contributed by atoms with Crippen LogP contribution in [0.2, 0.25) is 0 Å². The highest BCUT2D eigenvalue weighted by Crippen LogP contribution is 2.32. The molecule has 122 valence electrons. The third-order valence-corrected chi connectivity index (χ3v) is 5.33. The number of aromatic nitrogens is 1. The third-order valence-electron chi connectivity index (χ3n) is 4.40. The van der Waals surface area contributed by atoms with Crippen molar-refractivity contribution in [1.82, 2.24) is 4.98 Å². The summed E-state index contributed by atoms with van der Waals surface area (Å²) in [7, 11) is 0. The van der Waals surface area contributed by atoms with E-state index >= 15 is 0 Å². The average Bonchev–Trinajstić information content (AvgIpc) is 2.95. The minimum Gasteiger partial charge on any atom is -0.301 e. The Morgan fingerprint density at radius 1 is 1.46 bits per heavy atom. The van der Waals surface area contributed by atoms with E-state index in [-0.39, 0.29) is 11.8 Å². The molecule has 3 rings (SSSR count). The maximum atomic E-state index is 12.6. The summed E-state index contributed by atoms with van der Waals surface area (Å²) in [6.07, 6.45) is 5.17. The minimum atomic E-state index is -0.189. The highest BCUT2D eigenvalue weighted by molar-refractivity contribution is 7.22. The van der Waals surface area contributed by atoms with Crippen molar-refractivity contribution in [2.45, 2.75) is 27.2 Å². The molecule has 0 saturated heterocycles. The van der Waals surface area contributed by atoms with Crippen LogP contribution in [-0.4, -0.2) is 10.9 Å². The molecule has 24 heavy (non-hydrogen) atoms. The molecule has 1 N–H and O–H groups in total. The first-order valence-electron chi connectivity index (χ1n) is 7.96. The number of amides is 1. The molecular weight excluding hydrogens is 318 g/mol. The van der Waals surface area contributed by atoms with Gasteiger partial charge in [-0.2, -0.15) is 5.26 Å². The van der Waals surface area contributed by atoms with Gasteiger partial charge in [0.15, 0.2) is 5.13 Å². The number of nitriles is 1. The molecule has 1 aliphatic rings. The van der Waals surface area contributed by atoms with Crippen LogP contribution in [0.4, 0.5) is 5.13 Å².